The molecular weight excluding hydrogens is 267 g/mol. The van der Waals surface area contributed by atoms with E-state index >= 15 is 0 Å². The van der Waals surface area contributed by atoms with Crippen LogP contribution in [0.25, 0.3) is 0 Å². The van der Waals surface area contributed by atoms with Gasteiger partial charge in [0.1, 0.15) is 5.82 Å². The molecule has 2 rings (SSSR count). The zero-order chi connectivity index (χ0) is 15.2. The van der Waals surface area contributed by atoms with Crippen molar-refractivity contribution in [1.29, 1.82) is 0 Å². The van der Waals surface area contributed by atoms with Gasteiger partial charge >= 0.3 is 0 Å². The topological polar surface area (TPSA) is 32.3 Å². The molecule has 0 aromatic heterocycles. The lowest BCUT2D eigenvalue weighted by Gasteiger charge is -2.39. The first kappa shape index (κ1) is 16.0. The summed E-state index contributed by atoms with van der Waals surface area (Å²) in [6.45, 7) is 6.94. The van der Waals surface area contributed by atoms with Gasteiger partial charge in [-0.25, -0.2) is 4.39 Å². The molecule has 2 unspecified atom stereocenters. The van der Waals surface area contributed by atoms with Gasteiger partial charge in [-0.2, -0.15) is 0 Å². The van der Waals surface area contributed by atoms with Crippen LogP contribution in [0.1, 0.15) is 43.5 Å². The predicted molar refractivity (Wildman–Crippen MR) is 82.8 cm³/mol. The summed E-state index contributed by atoms with van der Waals surface area (Å²) in [5, 5.41) is 3.59. The van der Waals surface area contributed by atoms with Crippen LogP contribution in [0.4, 0.5) is 4.39 Å². The molecule has 0 radical (unpaired) electrons. The lowest BCUT2D eigenvalue weighted by atomic mass is 9.89. The number of likely N-dealkylation sites (tertiary alicyclic amines) is 1. The third kappa shape index (κ3) is 4.03. The molecule has 4 heteroatoms. The van der Waals surface area contributed by atoms with E-state index < -0.39 is 0 Å². The van der Waals surface area contributed by atoms with Crippen molar-refractivity contribution >= 4 is 5.91 Å². The second-order valence-corrected chi connectivity index (χ2v) is 5.78. The third-order valence-corrected chi connectivity index (χ3v) is 4.29. The molecule has 0 bridgehead atoms. The van der Waals surface area contributed by atoms with Crippen molar-refractivity contribution in [2.45, 2.75) is 39.2 Å². The lowest BCUT2D eigenvalue weighted by molar-refractivity contribution is 0.0627. The van der Waals surface area contributed by atoms with Crippen molar-refractivity contribution in [3.63, 3.8) is 0 Å². The van der Waals surface area contributed by atoms with Crippen LogP contribution in [0.2, 0.25) is 0 Å². The highest BCUT2D eigenvalue weighted by Gasteiger charge is 2.30. The van der Waals surface area contributed by atoms with E-state index in [4.69, 9.17) is 0 Å². The first-order valence-corrected chi connectivity index (χ1v) is 7.94. The Morgan fingerprint density at radius 1 is 1.33 bits per heavy atom. The molecule has 2 atom stereocenters. The van der Waals surface area contributed by atoms with Crippen LogP contribution in [0, 0.1) is 11.7 Å². The molecule has 1 heterocycles. The van der Waals surface area contributed by atoms with Crippen molar-refractivity contribution < 1.29 is 9.18 Å². The van der Waals surface area contributed by atoms with Gasteiger partial charge in [-0.05, 0) is 49.6 Å². The maximum absolute atomic E-state index is 12.9. The van der Waals surface area contributed by atoms with Crippen LogP contribution >= 0.6 is 0 Å². The van der Waals surface area contributed by atoms with Gasteiger partial charge in [0.15, 0.2) is 0 Å². The van der Waals surface area contributed by atoms with Gasteiger partial charge in [0.25, 0.3) is 5.91 Å². The summed E-state index contributed by atoms with van der Waals surface area (Å²) >= 11 is 0. The van der Waals surface area contributed by atoms with Crippen molar-refractivity contribution in [2.75, 3.05) is 19.6 Å². The minimum atomic E-state index is -0.305. The fourth-order valence-electron chi connectivity index (χ4n) is 3.00. The summed E-state index contributed by atoms with van der Waals surface area (Å²) in [5.74, 6) is 0.206. The van der Waals surface area contributed by atoms with E-state index in [-0.39, 0.29) is 11.7 Å². The van der Waals surface area contributed by atoms with Crippen molar-refractivity contribution in [1.82, 2.24) is 10.2 Å². The number of halogens is 1. The van der Waals surface area contributed by atoms with E-state index in [2.05, 4.69) is 19.2 Å². The number of benzene rings is 1. The number of carbonyl (C=O) groups excluding carboxylic acids is 1. The SMILES string of the molecule is CCCNC1CCN(C(=O)c2ccc(F)cc2)CC1CC. The fraction of sp³-hybridized carbons (Fsp3) is 0.588. The van der Waals surface area contributed by atoms with Crippen LogP contribution < -0.4 is 5.32 Å². The average molecular weight is 292 g/mol. The van der Waals surface area contributed by atoms with E-state index in [9.17, 15) is 9.18 Å². The van der Waals surface area contributed by atoms with Crippen molar-refractivity contribution in [2.24, 2.45) is 5.92 Å². The van der Waals surface area contributed by atoms with Crippen molar-refractivity contribution in [3.05, 3.63) is 35.6 Å². The molecule has 0 aliphatic carbocycles. The maximum atomic E-state index is 12.9. The fourth-order valence-corrected chi connectivity index (χ4v) is 3.00. The molecule has 1 fully saturated rings. The Balaban J connectivity index is 1.99. The average Bonchev–Trinajstić information content (AvgIpc) is 2.52. The maximum Gasteiger partial charge on any atom is 0.253 e. The highest BCUT2D eigenvalue weighted by molar-refractivity contribution is 5.94. The number of hydrogen-bond donors (Lipinski definition) is 1. The van der Waals surface area contributed by atoms with Crippen molar-refractivity contribution in [3.8, 4) is 0 Å². The summed E-state index contributed by atoms with van der Waals surface area (Å²) in [6, 6.07) is 6.34. The van der Waals surface area contributed by atoms with Crippen LogP contribution in [0.15, 0.2) is 24.3 Å². The second kappa shape index (κ2) is 7.55. The quantitative estimate of drug-likeness (QED) is 0.904. The van der Waals surface area contributed by atoms with Gasteiger partial charge in [-0.1, -0.05) is 20.3 Å². The Hall–Kier alpha value is -1.42. The molecule has 1 N–H and O–H groups in total. The van der Waals surface area contributed by atoms with Crippen LogP contribution in [-0.2, 0) is 0 Å². The molecule has 1 aliphatic rings. The summed E-state index contributed by atoms with van der Waals surface area (Å²) < 4.78 is 12.9. The Bertz CT molecular complexity index is 460. The summed E-state index contributed by atoms with van der Waals surface area (Å²) in [5.41, 5.74) is 0.575. The Labute approximate surface area is 126 Å². The van der Waals surface area contributed by atoms with Gasteiger partial charge < -0.3 is 10.2 Å². The second-order valence-electron chi connectivity index (χ2n) is 5.78. The number of piperidine rings is 1. The molecule has 116 valence electrons. The molecule has 0 saturated carbocycles. The smallest absolute Gasteiger partial charge is 0.253 e. The number of amides is 1. The van der Waals surface area contributed by atoms with Gasteiger partial charge in [0.2, 0.25) is 0 Å². The normalized spacial score (nSPS) is 22.3. The van der Waals surface area contributed by atoms with E-state index in [1.165, 1.54) is 12.1 Å². The van der Waals surface area contributed by atoms with Gasteiger partial charge in [0, 0.05) is 24.7 Å². The molecule has 1 saturated heterocycles. The number of hydrogen-bond acceptors (Lipinski definition) is 2. The lowest BCUT2D eigenvalue weighted by Crippen LogP contribution is -2.51. The number of carbonyl (C=O) groups is 1. The molecule has 1 aromatic carbocycles. The number of nitrogens with zero attached hydrogens (tertiary/aromatic N) is 1. The number of rotatable bonds is 5. The highest BCUT2D eigenvalue weighted by Crippen LogP contribution is 2.22. The minimum absolute atomic E-state index is 0.0161. The molecule has 1 aromatic rings. The largest absolute Gasteiger partial charge is 0.338 e. The van der Waals surface area contributed by atoms with Gasteiger partial charge in [-0.3, -0.25) is 4.79 Å². The first-order chi connectivity index (χ1) is 10.2. The van der Waals surface area contributed by atoms with Crippen LogP contribution in [0.3, 0.4) is 0 Å². The van der Waals surface area contributed by atoms with E-state index in [1.807, 2.05) is 4.90 Å². The van der Waals surface area contributed by atoms with E-state index in [1.54, 1.807) is 12.1 Å². The molecule has 1 amide bonds. The highest BCUT2D eigenvalue weighted by atomic mass is 19.1. The van der Waals surface area contributed by atoms with Crippen LogP contribution in [0.5, 0.6) is 0 Å². The summed E-state index contributed by atoms with van der Waals surface area (Å²) in [7, 11) is 0. The van der Waals surface area contributed by atoms with Gasteiger partial charge in [-0.15, -0.1) is 0 Å². The standard InChI is InChI=1S/C17H25FN2O/c1-3-10-19-16-9-11-20(12-13(16)4-2)17(21)14-5-7-15(18)8-6-14/h5-8,13,16,19H,3-4,9-12H2,1-2H3. The molecule has 1 aliphatic heterocycles. The first-order valence-electron chi connectivity index (χ1n) is 7.94. The molecular formula is C17H25FN2O. The molecule has 0 spiro atoms. The monoisotopic (exact) mass is 292 g/mol. The third-order valence-electron chi connectivity index (χ3n) is 4.29. The van der Waals surface area contributed by atoms with E-state index in [0.29, 0.717) is 17.5 Å². The zero-order valence-corrected chi connectivity index (χ0v) is 12.9. The minimum Gasteiger partial charge on any atom is -0.338 e. The van der Waals surface area contributed by atoms with Crippen LogP contribution in [-0.4, -0.2) is 36.5 Å². The summed E-state index contributed by atoms with van der Waals surface area (Å²) in [6.07, 6.45) is 3.19. The predicted octanol–water partition coefficient (Wildman–Crippen LogP) is 3.07. The number of nitrogens with one attached hydrogen (secondary N) is 1. The van der Waals surface area contributed by atoms with Gasteiger partial charge in [0.05, 0.1) is 0 Å². The van der Waals surface area contributed by atoms with E-state index in [0.717, 1.165) is 38.9 Å². The zero-order valence-electron chi connectivity index (χ0n) is 12.9. The Morgan fingerprint density at radius 3 is 2.67 bits per heavy atom. The molecule has 21 heavy (non-hydrogen) atoms. The Morgan fingerprint density at radius 2 is 2.05 bits per heavy atom. The summed E-state index contributed by atoms with van der Waals surface area (Å²) in [4.78, 5) is 14.4. The molecule has 3 nitrogen and oxygen atoms in total. The Kier molecular flexibility index (Phi) is 5.74.